The summed E-state index contributed by atoms with van der Waals surface area (Å²) in [5.74, 6) is 0.830. The number of methoxy groups -OCH3 is 1. The van der Waals surface area contributed by atoms with E-state index < -0.39 is 0 Å². The van der Waals surface area contributed by atoms with Gasteiger partial charge in [-0.25, -0.2) is 0 Å². The third kappa shape index (κ3) is 4.33. The van der Waals surface area contributed by atoms with E-state index in [0.29, 0.717) is 19.5 Å². The summed E-state index contributed by atoms with van der Waals surface area (Å²) in [6.45, 7) is 5.42. The van der Waals surface area contributed by atoms with E-state index >= 15 is 0 Å². The van der Waals surface area contributed by atoms with Crippen LogP contribution in [0.3, 0.4) is 0 Å². The van der Waals surface area contributed by atoms with Gasteiger partial charge in [-0.15, -0.1) is 11.3 Å². The van der Waals surface area contributed by atoms with Gasteiger partial charge >= 0.3 is 0 Å². The van der Waals surface area contributed by atoms with Crippen LogP contribution in [0.15, 0.2) is 30.3 Å². The molecule has 1 heterocycles. The molecular weight excluding hydrogens is 360 g/mol. The third-order valence-corrected chi connectivity index (χ3v) is 6.30. The first kappa shape index (κ1) is 19.4. The maximum Gasteiger partial charge on any atom is 0.263 e. The number of amides is 2. The lowest BCUT2D eigenvalue weighted by atomic mass is 9.87. The van der Waals surface area contributed by atoms with E-state index in [0.717, 1.165) is 34.7 Å². The van der Waals surface area contributed by atoms with E-state index in [1.807, 2.05) is 49.1 Å². The predicted molar refractivity (Wildman–Crippen MR) is 109 cm³/mol. The molecule has 5 nitrogen and oxygen atoms in total. The highest BCUT2D eigenvalue weighted by Gasteiger charge is 2.28. The first-order valence-electron chi connectivity index (χ1n) is 9.41. The van der Waals surface area contributed by atoms with Crippen molar-refractivity contribution in [3.05, 3.63) is 45.6 Å². The number of thiophene rings is 1. The summed E-state index contributed by atoms with van der Waals surface area (Å²) in [6.07, 6.45) is 2.36. The number of carbonyl (C=O) groups excluding carboxylic acids is 2. The number of ether oxygens (including phenoxy) is 1. The molecule has 3 rings (SSSR count). The number of hydrogen-bond donors (Lipinski definition) is 1. The molecule has 0 saturated heterocycles. The fourth-order valence-electron chi connectivity index (χ4n) is 3.44. The zero-order chi connectivity index (χ0) is 19.4. The Bertz CT molecular complexity index is 809. The van der Waals surface area contributed by atoms with Gasteiger partial charge in [-0.2, -0.15) is 0 Å². The van der Waals surface area contributed by atoms with Gasteiger partial charge < -0.3 is 15.0 Å². The first-order chi connectivity index (χ1) is 13.0. The van der Waals surface area contributed by atoms with Crippen LogP contribution >= 0.6 is 11.3 Å². The van der Waals surface area contributed by atoms with Crippen molar-refractivity contribution in [3.63, 3.8) is 0 Å². The molecule has 1 aromatic carbocycles. The zero-order valence-corrected chi connectivity index (χ0v) is 16.9. The fraction of sp³-hybridized carbons (Fsp3) is 0.429. The molecule has 2 amide bonds. The Hall–Kier alpha value is -2.34. The molecule has 1 aliphatic rings. The number of fused-ring (bicyclic) bond motifs is 1. The van der Waals surface area contributed by atoms with Crippen LogP contribution in [0.4, 0.5) is 5.69 Å². The van der Waals surface area contributed by atoms with Crippen LogP contribution < -0.4 is 10.1 Å². The molecular formula is C21H26N2O3S. The highest BCUT2D eigenvalue weighted by Crippen LogP contribution is 2.33. The first-order valence-corrected chi connectivity index (χ1v) is 10.2. The molecule has 1 aliphatic carbocycles. The average molecular weight is 387 g/mol. The Kier molecular flexibility index (Phi) is 6.16. The molecule has 0 fully saturated rings. The number of nitrogens with zero attached hydrogens (tertiary/aromatic N) is 1. The lowest BCUT2D eigenvalue weighted by Crippen LogP contribution is -2.29. The molecule has 27 heavy (non-hydrogen) atoms. The van der Waals surface area contributed by atoms with Gasteiger partial charge in [0, 0.05) is 29.6 Å². The second-order valence-electron chi connectivity index (χ2n) is 6.69. The van der Waals surface area contributed by atoms with Crippen molar-refractivity contribution in [2.45, 2.75) is 33.1 Å². The molecule has 0 spiro atoms. The molecule has 1 aromatic heterocycles. The van der Waals surface area contributed by atoms with E-state index in [1.165, 1.54) is 4.88 Å². The van der Waals surface area contributed by atoms with Crippen LogP contribution in [-0.2, 0) is 17.6 Å². The highest BCUT2D eigenvalue weighted by molar-refractivity contribution is 7.14. The van der Waals surface area contributed by atoms with Gasteiger partial charge in [0.25, 0.3) is 5.91 Å². The Morgan fingerprint density at radius 1 is 1.22 bits per heavy atom. The van der Waals surface area contributed by atoms with Crippen molar-refractivity contribution in [1.29, 1.82) is 0 Å². The van der Waals surface area contributed by atoms with Crippen molar-refractivity contribution in [1.82, 2.24) is 4.90 Å². The van der Waals surface area contributed by atoms with Gasteiger partial charge in [-0.05, 0) is 69.0 Å². The van der Waals surface area contributed by atoms with Gasteiger partial charge in [-0.1, -0.05) is 0 Å². The summed E-state index contributed by atoms with van der Waals surface area (Å²) in [5.41, 5.74) is 1.92. The van der Waals surface area contributed by atoms with Crippen LogP contribution in [0.25, 0.3) is 0 Å². The average Bonchev–Trinajstić information content (AvgIpc) is 3.12. The predicted octanol–water partition coefficient (Wildman–Crippen LogP) is 3.98. The van der Waals surface area contributed by atoms with Crippen LogP contribution in [0.5, 0.6) is 5.75 Å². The van der Waals surface area contributed by atoms with Crippen molar-refractivity contribution >= 4 is 28.8 Å². The Labute approximate surface area is 164 Å². The molecule has 0 radical (unpaired) electrons. The summed E-state index contributed by atoms with van der Waals surface area (Å²) in [6, 6.07) is 9.34. The number of aryl methyl sites for hydroxylation is 1. The lowest BCUT2D eigenvalue weighted by molar-refractivity contribution is -0.120. The summed E-state index contributed by atoms with van der Waals surface area (Å²) in [7, 11) is 1.62. The number of nitrogens with one attached hydrogen (secondary N) is 1. The van der Waals surface area contributed by atoms with Gasteiger partial charge in [0.1, 0.15) is 5.75 Å². The summed E-state index contributed by atoms with van der Waals surface area (Å²) >= 11 is 1.59. The van der Waals surface area contributed by atoms with Crippen molar-refractivity contribution in [2.75, 3.05) is 25.5 Å². The molecule has 0 aliphatic heterocycles. The molecule has 0 saturated carbocycles. The van der Waals surface area contributed by atoms with E-state index in [9.17, 15) is 9.59 Å². The summed E-state index contributed by atoms with van der Waals surface area (Å²) in [5, 5.41) is 2.99. The van der Waals surface area contributed by atoms with Crippen LogP contribution in [0.1, 0.15) is 40.4 Å². The summed E-state index contributed by atoms with van der Waals surface area (Å²) < 4.78 is 5.14. The standard InChI is InChI=1S/C21H26N2O3S/c1-4-23(5-2)21(25)19-13-15-12-14(6-11-18(15)27-19)20(24)22-16-7-9-17(26-3)10-8-16/h7-10,13-14H,4-6,11-12H2,1-3H3,(H,22,24). The van der Waals surface area contributed by atoms with Crippen LogP contribution in [0, 0.1) is 5.92 Å². The van der Waals surface area contributed by atoms with E-state index in [-0.39, 0.29) is 17.7 Å². The Morgan fingerprint density at radius 3 is 2.56 bits per heavy atom. The van der Waals surface area contributed by atoms with Crippen molar-refractivity contribution in [2.24, 2.45) is 5.92 Å². The number of anilines is 1. The largest absolute Gasteiger partial charge is 0.497 e. The number of rotatable bonds is 6. The second-order valence-corrected chi connectivity index (χ2v) is 7.83. The Morgan fingerprint density at radius 2 is 1.93 bits per heavy atom. The number of benzene rings is 1. The number of carbonyl (C=O) groups is 2. The molecule has 1 atom stereocenters. The van der Waals surface area contributed by atoms with E-state index in [4.69, 9.17) is 4.74 Å². The topological polar surface area (TPSA) is 58.6 Å². The van der Waals surface area contributed by atoms with Crippen molar-refractivity contribution in [3.8, 4) is 5.75 Å². The lowest BCUT2D eigenvalue weighted by Gasteiger charge is -2.21. The quantitative estimate of drug-likeness (QED) is 0.817. The van der Waals surface area contributed by atoms with Crippen LogP contribution in [0.2, 0.25) is 0 Å². The fourth-order valence-corrected chi connectivity index (χ4v) is 4.61. The second kappa shape index (κ2) is 8.57. The molecule has 2 aromatic rings. The van der Waals surface area contributed by atoms with E-state index in [2.05, 4.69) is 5.32 Å². The highest BCUT2D eigenvalue weighted by atomic mass is 32.1. The van der Waals surface area contributed by atoms with Gasteiger partial charge in [-0.3, -0.25) is 9.59 Å². The minimum atomic E-state index is -0.0643. The number of hydrogen-bond acceptors (Lipinski definition) is 4. The van der Waals surface area contributed by atoms with Crippen molar-refractivity contribution < 1.29 is 14.3 Å². The maximum atomic E-state index is 12.7. The molecule has 144 valence electrons. The summed E-state index contributed by atoms with van der Waals surface area (Å²) in [4.78, 5) is 29.1. The molecule has 1 N–H and O–H groups in total. The van der Waals surface area contributed by atoms with Gasteiger partial charge in [0.05, 0.1) is 12.0 Å². The zero-order valence-electron chi connectivity index (χ0n) is 16.1. The smallest absolute Gasteiger partial charge is 0.263 e. The monoisotopic (exact) mass is 386 g/mol. The van der Waals surface area contributed by atoms with E-state index in [1.54, 1.807) is 18.4 Å². The normalized spacial score (nSPS) is 15.7. The van der Waals surface area contributed by atoms with Gasteiger partial charge in [0.15, 0.2) is 0 Å². The molecule has 0 bridgehead atoms. The molecule has 1 unspecified atom stereocenters. The Balaban J connectivity index is 1.66. The molecule has 6 heteroatoms. The SMILES string of the molecule is CCN(CC)C(=O)c1cc2c(s1)CCC(C(=O)Nc1ccc(OC)cc1)C2. The maximum absolute atomic E-state index is 12.7. The third-order valence-electron chi connectivity index (χ3n) is 5.07. The van der Waals surface area contributed by atoms with Crippen LogP contribution in [-0.4, -0.2) is 36.9 Å². The van der Waals surface area contributed by atoms with Gasteiger partial charge in [0.2, 0.25) is 5.91 Å². The minimum absolute atomic E-state index is 0.0358. The minimum Gasteiger partial charge on any atom is -0.497 e.